The van der Waals surface area contributed by atoms with Crippen LogP contribution in [0.1, 0.15) is 24.2 Å². The average molecular weight is 463 g/mol. The SMILES string of the molecule is CCOC(=O)c1ccc(NC(=O)C(C)CS(=O)(=O)c2ccc3c(c2)NC(=O)CS3)cc1. The van der Waals surface area contributed by atoms with Gasteiger partial charge in [0.1, 0.15) is 0 Å². The van der Waals surface area contributed by atoms with Crippen LogP contribution < -0.4 is 10.6 Å². The Kier molecular flexibility index (Phi) is 7.01. The minimum Gasteiger partial charge on any atom is -0.462 e. The number of esters is 1. The summed E-state index contributed by atoms with van der Waals surface area (Å²) in [6.45, 7) is 3.50. The number of carbonyl (C=O) groups is 3. The van der Waals surface area contributed by atoms with E-state index in [0.717, 1.165) is 4.90 Å². The second-order valence-electron chi connectivity index (χ2n) is 6.96. The molecule has 3 rings (SSSR count). The molecule has 0 spiro atoms. The third kappa shape index (κ3) is 5.65. The van der Waals surface area contributed by atoms with Gasteiger partial charge in [-0.25, -0.2) is 13.2 Å². The van der Waals surface area contributed by atoms with E-state index in [-0.39, 0.29) is 28.9 Å². The van der Waals surface area contributed by atoms with E-state index in [1.165, 1.54) is 43.0 Å². The summed E-state index contributed by atoms with van der Waals surface area (Å²) in [5.41, 5.74) is 1.25. The summed E-state index contributed by atoms with van der Waals surface area (Å²) in [6, 6.07) is 10.7. The van der Waals surface area contributed by atoms with Crippen LogP contribution in [0.4, 0.5) is 11.4 Å². The molecule has 0 bridgehead atoms. The molecule has 1 aliphatic heterocycles. The van der Waals surface area contributed by atoms with E-state index >= 15 is 0 Å². The fourth-order valence-corrected chi connectivity index (χ4v) is 5.29. The van der Waals surface area contributed by atoms with Crippen molar-refractivity contribution < 1.29 is 27.5 Å². The van der Waals surface area contributed by atoms with Gasteiger partial charge < -0.3 is 15.4 Å². The van der Waals surface area contributed by atoms with Gasteiger partial charge in [0, 0.05) is 16.5 Å². The fraction of sp³-hybridized carbons (Fsp3) is 0.286. The van der Waals surface area contributed by atoms with E-state index < -0.39 is 27.6 Å². The van der Waals surface area contributed by atoms with E-state index in [4.69, 9.17) is 4.74 Å². The molecule has 2 aromatic rings. The molecule has 2 N–H and O–H groups in total. The average Bonchev–Trinajstić information content (AvgIpc) is 2.73. The summed E-state index contributed by atoms with van der Waals surface area (Å²) in [5, 5.41) is 5.32. The highest BCUT2D eigenvalue weighted by atomic mass is 32.2. The molecule has 0 saturated carbocycles. The number of hydrogen-bond donors (Lipinski definition) is 2. The van der Waals surface area contributed by atoms with Gasteiger partial charge in [0.25, 0.3) is 0 Å². The number of ether oxygens (including phenoxy) is 1. The fourth-order valence-electron chi connectivity index (χ4n) is 2.93. The lowest BCUT2D eigenvalue weighted by Crippen LogP contribution is -2.27. The van der Waals surface area contributed by atoms with E-state index in [0.29, 0.717) is 16.9 Å². The number of sulfone groups is 1. The molecule has 0 aliphatic carbocycles. The molecule has 0 radical (unpaired) electrons. The maximum atomic E-state index is 12.8. The number of thioether (sulfide) groups is 1. The van der Waals surface area contributed by atoms with Crippen LogP contribution in [-0.4, -0.2) is 44.3 Å². The van der Waals surface area contributed by atoms with Gasteiger partial charge in [-0.05, 0) is 49.4 Å². The summed E-state index contributed by atoms with van der Waals surface area (Å²) in [6.07, 6.45) is 0. The van der Waals surface area contributed by atoms with E-state index in [1.807, 2.05) is 0 Å². The largest absolute Gasteiger partial charge is 0.462 e. The van der Waals surface area contributed by atoms with Gasteiger partial charge in [0.2, 0.25) is 11.8 Å². The van der Waals surface area contributed by atoms with Gasteiger partial charge in [0.05, 0.1) is 34.3 Å². The second kappa shape index (κ2) is 9.52. The Morgan fingerprint density at radius 2 is 1.90 bits per heavy atom. The molecular formula is C21H22N2O6S2. The first-order valence-corrected chi connectivity index (χ1v) is 12.2. The van der Waals surface area contributed by atoms with Crippen molar-refractivity contribution in [1.82, 2.24) is 0 Å². The van der Waals surface area contributed by atoms with Crippen molar-refractivity contribution in [2.75, 3.05) is 28.7 Å². The number of fused-ring (bicyclic) bond motifs is 1. The third-order valence-corrected chi connectivity index (χ3v) is 7.51. The number of carbonyl (C=O) groups excluding carboxylic acids is 3. The molecule has 0 aromatic heterocycles. The predicted molar refractivity (Wildman–Crippen MR) is 118 cm³/mol. The summed E-state index contributed by atoms with van der Waals surface area (Å²) in [5.74, 6) is -2.03. The van der Waals surface area contributed by atoms with E-state index in [2.05, 4.69) is 10.6 Å². The summed E-state index contributed by atoms with van der Waals surface area (Å²) >= 11 is 1.34. The van der Waals surface area contributed by atoms with Crippen LogP contribution in [0.15, 0.2) is 52.3 Å². The number of benzene rings is 2. The standard InChI is InChI=1S/C21H22N2O6S2/c1-3-29-21(26)14-4-6-15(7-5-14)22-20(25)13(2)12-31(27,28)16-8-9-18-17(10-16)23-19(24)11-30-18/h4-10,13H,3,11-12H2,1-2H3,(H,22,25)(H,23,24). The molecule has 2 aromatic carbocycles. The lowest BCUT2D eigenvalue weighted by molar-refractivity contribution is -0.118. The highest BCUT2D eigenvalue weighted by Crippen LogP contribution is 2.33. The lowest BCUT2D eigenvalue weighted by atomic mass is 10.1. The van der Waals surface area contributed by atoms with Crippen LogP contribution in [0, 0.1) is 5.92 Å². The van der Waals surface area contributed by atoms with Gasteiger partial charge in [-0.15, -0.1) is 11.8 Å². The molecule has 1 heterocycles. The molecule has 8 nitrogen and oxygen atoms in total. The van der Waals surface area contributed by atoms with Crippen molar-refractivity contribution in [2.24, 2.45) is 5.92 Å². The van der Waals surface area contributed by atoms with E-state index in [9.17, 15) is 22.8 Å². The van der Waals surface area contributed by atoms with Crippen molar-refractivity contribution >= 4 is 50.8 Å². The smallest absolute Gasteiger partial charge is 0.338 e. The quantitative estimate of drug-likeness (QED) is 0.607. The Bertz CT molecular complexity index is 1110. The number of rotatable bonds is 7. The monoisotopic (exact) mass is 462 g/mol. The zero-order valence-corrected chi connectivity index (χ0v) is 18.6. The molecule has 164 valence electrons. The highest BCUT2D eigenvalue weighted by molar-refractivity contribution is 8.00. The van der Waals surface area contributed by atoms with Crippen molar-refractivity contribution in [2.45, 2.75) is 23.6 Å². The van der Waals surface area contributed by atoms with E-state index in [1.54, 1.807) is 25.1 Å². The van der Waals surface area contributed by atoms with Crippen LogP contribution in [0.3, 0.4) is 0 Å². The maximum absolute atomic E-state index is 12.8. The van der Waals surface area contributed by atoms with Crippen LogP contribution >= 0.6 is 11.8 Å². The van der Waals surface area contributed by atoms with Crippen LogP contribution in [-0.2, 0) is 24.2 Å². The second-order valence-corrected chi connectivity index (χ2v) is 10.0. The van der Waals surface area contributed by atoms with Crippen molar-refractivity contribution in [3.05, 3.63) is 48.0 Å². The summed E-state index contributed by atoms with van der Waals surface area (Å²) in [4.78, 5) is 36.6. The molecule has 0 fully saturated rings. The molecule has 1 aliphatic rings. The number of anilines is 2. The Hall–Kier alpha value is -2.85. The minimum atomic E-state index is -3.75. The highest BCUT2D eigenvalue weighted by Gasteiger charge is 2.25. The summed E-state index contributed by atoms with van der Waals surface area (Å²) in [7, 11) is -3.75. The van der Waals surface area contributed by atoms with Gasteiger partial charge in [-0.1, -0.05) is 6.92 Å². The first kappa shape index (κ1) is 22.8. The Balaban J connectivity index is 1.65. The number of amides is 2. The zero-order valence-electron chi connectivity index (χ0n) is 17.0. The van der Waals surface area contributed by atoms with Gasteiger partial charge >= 0.3 is 5.97 Å². The molecule has 0 saturated heterocycles. The van der Waals surface area contributed by atoms with Crippen molar-refractivity contribution in [3.8, 4) is 0 Å². The molecule has 2 amide bonds. The molecule has 31 heavy (non-hydrogen) atoms. The topological polar surface area (TPSA) is 119 Å². The van der Waals surface area contributed by atoms with Gasteiger partial charge in [-0.3, -0.25) is 9.59 Å². The predicted octanol–water partition coefficient (Wildman–Crippen LogP) is 2.96. The Morgan fingerprint density at radius 3 is 2.58 bits per heavy atom. The normalized spacial score (nSPS) is 14.2. The van der Waals surface area contributed by atoms with Crippen molar-refractivity contribution in [1.29, 1.82) is 0 Å². The first-order valence-electron chi connectivity index (χ1n) is 9.57. The first-order chi connectivity index (χ1) is 14.7. The third-order valence-electron chi connectivity index (χ3n) is 4.52. The summed E-state index contributed by atoms with van der Waals surface area (Å²) < 4.78 is 30.5. The Morgan fingerprint density at radius 1 is 1.19 bits per heavy atom. The van der Waals surface area contributed by atoms with Crippen LogP contribution in [0.25, 0.3) is 0 Å². The van der Waals surface area contributed by atoms with Gasteiger partial charge in [0.15, 0.2) is 9.84 Å². The minimum absolute atomic E-state index is 0.0486. The molecule has 1 unspecified atom stereocenters. The Labute approximate surface area is 184 Å². The number of hydrogen-bond acceptors (Lipinski definition) is 7. The molecule has 10 heteroatoms. The molecule has 1 atom stereocenters. The zero-order chi connectivity index (χ0) is 22.6. The van der Waals surface area contributed by atoms with Crippen LogP contribution in [0.5, 0.6) is 0 Å². The lowest BCUT2D eigenvalue weighted by Gasteiger charge is -2.18. The number of nitrogens with one attached hydrogen (secondary N) is 2. The van der Waals surface area contributed by atoms with Crippen molar-refractivity contribution in [3.63, 3.8) is 0 Å². The van der Waals surface area contributed by atoms with Crippen LogP contribution in [0.2, 0.25) is 0 Å². The maximum Gasteiger partial charge on any atom is 0.338 e. The van der Waals surface area contributed by atoms with Gasteiger partial charge in [-0.2, -0.15) is 0 Å². The molecular weight excluding hydrogens is 440 g/mol.